The standard InChI is InChI=1S/C5H9N2P.C2H6/c1-4-3-6-7(2)5(4)8;1-2/h3H,8H2,1-2H3;1-2H3. The Balaban J connectivity index is 0.000000371. The predicted octanol–water partition coefficient (Wildman–Crippen LogP) is 1.26. The molecule has 58 valence electrons. The van der Waals surface area contributed by atoms with Crippen LogP contribution in [0.5, 0.6) is 0 Å². The quantitative estimate of drug-likeness (QED) is 0.520. The highest BCUT2D eigenvalue weighted by Crippen LogP contribution is 1.93. The molecule has 0 spiro atoms. The molecule has 0 aliphatic carbocycles. The van der Waals surface area contributed by atoms with Gasteiger partial charge in [0.2, 0.25) is 0 Å². The average molecular weight is 158 g/mol. The first-order valence-electron chi connectivity index (χ1n) is 3.46. The third-order valence-electron chi connectivity index (χ3n) is 1.18. The Labute approximate surface area is 64.8 Å². The zero-order chi connectivity index (χ0) is 8.15. The minimum atomic E-state index is 1.16. The number of aromatic nitrogens is 2. The van der Waals surface area contributed by atoms with Crippen LogP contribution in [0.15, 0.2) is 6.20 Å². The van der Waals surface area contributed by atoms with Crippen LogP contribution in [-0.2, 0) is 7.05 Å². The molecule has 0 aliphatic heterocycles. The molecule has 1 atom stereocenters. The van der Waals surface area contributed by atoms with E-state index in [1.807, 2.05) is 38.7 Å². The number of rotatable bonds is 0. The van der Waals surface area contributed by atoms with Gasteiger partial charge in [-0.2, -0.15) is 5.10 Å². The van der Waals surface area contributed by atoms with Gasteiger partial charge in [-0.15, -0.1) is 0 Å². The second kappa shape index (κ2) is 4.45. The Morgan fingerprint density at radius 1 is 1.50 bits per heavy atom. The van der Waals surface area contributed by atoms with Gasteiger partial charge >= 0.3 is 0 Å². The molecule has 0 bridgehead atoms. The lowest BCUT2D eigenvalue weighted by Gasteiger charge is -1.90. The largest absolute Gasteiger partial charge is 0.269 e. The van der Waals surface area contributed by atoms with Crippen LogP contribution in [0.4, 0.5) is 0 Å². The van der Waals surface area contributed by atoms with Crippen molar-refractivity contribution >= 4 is 14.7 Å². The monoisotopic (exact) mass is 158 g/mol. The van der Waals surface area contributed by atoms with E-state index in [-0.39, 0.29) is 0 Å². The van der Waals surface area contributed by atoms with Gasteiger partial charge in [0.15, 0.2) is 0 Å². The zero-order valence-electron chi connectivity index (χ0n) is 7.05. The number of nitrogens with zero attached hydrogens (tertiary/aromatic N) is 2. The summed E-state index contributed by atoms with van der Waals surface area (Å²) < 4.78 is 1.83. The Morgan fingerprint density at radius 2 is 2.00 bits per heavy atom. The lowest BCUT2D eigenvalue weighted by Crippen LogP contribution is -2.06. The minimum absolute atomic E-state index is 1.16. The smallest absolute Gasteiger partial charge is 0.0575 e. The molecule has 0 fully saturated rings. The molecule has 1 aromatic heterocycles. The van der Waals surface area contributed by atoms with Crippen molar-refractivity contribution in [1.29, 1.82) is 0 Å². The van der Waals surface area contributed by atoms with Crippen molar-refractivity contribution < 1.29 is 0 Å². The molecule has 1 unspecified atom stereocenters. The summed E-state index contributed by atoms with van der Waals surface area (Å²) in [6, 6.07) is 0. The molecule has 0 saturated heterocycles. The van der Waals surface area contributed by atoms with Crippen molar-refractivity contribution in [3.63, 3.8) is 0 Å². The van der Waals surface area contributed by atoms with Crippen LogP contribution in [0, 0.1) is 6.92 Å². The third-order valence-corrected chi connectivity index (χ3v) is 2.01. The Kier molecular flexibility index (Phi) is 4.29. The molecular weight excluding hydrogens is 143 g/mol. The summed E-state index contributed by atoms with van der Waals surface area (Å²) in [5.74, 6) is 0. The van der Waals surface area contributed by atoms with Crippen molar-refractivity contribution in [3.05, 3.63) is 11.8 Å². The van der Waals surface area contributed by atoms with E-state index in [1.54, 1.807) is 0 Å². The first kappa shape index (κ1) is 9.64. The van der Waals surface area contributed by atoms with E-state index in [1.165, 1.54) is 5.56 Å². The highest BCUT2D eigenvalue weighted by molar-refractivity contribution is 7.27. The average Bonchev–Trinajstić information content (AvgIpc) is 2.25. The minimum Gasteiger partial charge on any atom is -0.269 e. The van der Waals surface area contributed by atoms with Gasteiger partial charge in [0, 0.05) is 7.05 Å². The number of aryl methyl sites for hydroxylation is 2. The van der Waals surface area contributed by atoms with E-state index in [9.17, 15) is 0 Å². The molecule has 2 nitrogen and oxygen atoms in total. The molecule has 1 rings (SSSR count). The molecule has 0 aromatic carbocycles. The third kappa shape index (κ3) is 2.11. The van der Waals surface area contributed by atoms with Crippen molar-refractivity contribution in [3.8, 4) is 0 Å². The predicted molar refractivity (Wildman–Crippen MR) is 48.6 cm³/mol. The summed E-state index contributed by atoms with van der Waals surface area (Å²) >= 11 is 0. The maximum Gasteiger partial charge on any atom is 0.0575 e. The van der Waals surface area contributed by atoms with Crippen LogP contribution < -0.4 is 5.44 Å². The SMILES string of the molecule is CC.Cc1cnn(C)c1P. The van der Waals surface area contributed by atoms with E-state index in [0.717, 1.165) is 5.44 Å². The van der Waals surface area contributed by atoms with E-state index < -0.39 is 0 Å². The first-order valence-corrected chi connectivity index (χ1v) is 4.03. The highest BCUT2D eigenvalue weighted by Gasteiger charge is 1.94. The molecule has 10 heavy (non-hydrogen) atoms. The van der Waals surface area contributed by atoms with Crippen LogP contribution in [-0.4, -0.2) is 9.78 Å². The van der Waals surface area contributed by atoms with Crippen molar-refractivity contribution in [2.24, 2.45) is 7.05 Å². The first-order chi connectivity index (χ1) is 4.72. The fraction of sp³-hybridized carbons (Fsp3) is 0.571. The van der Waals surface area contributed by atoms with Crippen molar-refractivity contribution in [2.75, 3.05) is 0 Å². The Bertz CT molecular complexity index is 174. The van der Waals surface area contributed by atoms with Gasteiger partial charge in [0.25, 0.3) is 0 Å². The molecule has 0 saturated carbocycles. The molecular formula is C7H15N2P. The zero-order valence-corrected chi connectivity index (χ0v) is 8.20. The van der Waals surface area contributed by atoms with Crippen LogP contribution in [0.1, 0.15) is 19.4 Å². The van der Waals surface area contributed by atoms with Crippen LogP contribution in [0.2, 0.25) is 0 Å². The molecule has 0 radical (unpaired) electrons. The number of hydrogen-bond donors (Lipinski definition) is 0. The Morgan fingerprint density at radius 3 is 2.10 bits per heavy atom. The van der Waals surface area contributed by atoms with Crippen LogP contribution in [0.25, 0.3) is 0 Å². The summed E-state index contributed by atoms with van der Waals surface area (Å²) in [6.45, 7) is 6.04. The lowest BCUT2D eigenvalue weighted by atomic mass is 10.4. The van der Waals surface area contributed by atoms with E-state index in [0.29, 0.717) is 0 Å². The van der Waals surface area contributed by atoms with Gasteiger partial charge in [0.05, 0.1) is 11.6 Å². The molecule has 0 aliphatic rings. The summed E-state index contributed by atoms with van der Waals surface area (Å²) in [6.07, 6.45) is 1.85. The highest BCUT2D eigenvalue weighted by atomic mass is 31.0. The van der Waals surface area contributed by atoms with Gasteiger partial charge in [-0.1, -0.05) is 23.1 Å². The molecule has 1 heterocycles. The van der Waals surface area contributed by atoms with E-state index in [2.05, 4.69) is 14.3 Å². The fourth-order valence-corrected chi connectivity index (χ4v) is 0.698. The molecule has 3 heteroatoms. The molecule has 0 amide bonds. The summed E-state index contributed by atoms with van der Waals surface area (Å²) in [5, 5.41) is 4.01. The van der Waals surface area contributed by atoms with Crippen molar-refractivity contribution in [1.82, 2.24) is 9.78 Å². The van der Waals surface area contributed by atoms with Crippen molar-refractivity contribution in [2.45, 2.75) is 20.8 Å². The second-order valence-corrected chi connectivity index (χ2v) is 2.38. The Hall–Kier alpha value is -0.360. The summed E-state index contributed by atoms with van der Waals surface area (Å²) in [5.41, 5.74) is 2.38. The van der Waals surface area contributed by atoms with Crippen LogP contribution >= 0.6 is 9.24 Å². The lowest BCUT2D eigenvalue weighted by molar-refractivity contribution is 0.791. The second-order valence-electron chi connectivity index (χ2n) is 1.84. The molecule has 0 N–H and O–H groups in total. The van der Waals surface area contributed by atoms with Gasteiger partial charge in [0.1, 0.15) is 0 Å². The maximum atomic E-state index is 4.01. The van der Waals surface area contributed by atoms with Gasteiger partial charge in [-0.05, 0) is 12.5 Å². The fourth-order valence-electron chi connectivity index (χ4n) is 0.557. The topological polar surface area (TPSA) is 17.8 Å². The molecule has 1 aromatic rings. The van der Waals surface area contributed by atoms with E-state index >= 15 is 0 Å². The van der Waals surface area contributed by atoms with Gasteiger partial charge in [-0.3, -0.25) is 4.68 Å². The summed E-state index contributed by atoms with van der Waals surface area (Å²) in [7, 11) is 4.56. The maximum absolute atomic E-state index is 4.01. The van der Waals surface area contributed by atoms with Gasteiger partial charge in [-0.25, -0.2) is 0 Å². The normalized spacial score (nSPS) is 8.50. The van der Waals surface area contributed by atoms with E-state index in [4.69, 9.17) is 0 Å². The summed E-state index contributed by atoms with van der Waals surface area (Å²) in [4.78, 5) is 0. The van der Waals surface area contributed by atoms with Gasteiger partial charge < -0.3 is 0 Å². The van der Waals surface area contributed by atoms with Crippen LogP contribution in [0.3, 0.4) is 0 Å². The number of hydrogen-bond acceptors (Lipinski definition) is 1.